The number of nitrogens with two attached hydrogens (primary N) is 1. The van der Waals surface area contributed by atoms with Gasteiger partial charge in [0.25, 0.3) is 0 Å². The molecule has 2 heterocycles. The Bertz CT molecular complexity index is 499. The van der Waals surface area contributed by atoms with Gasteiger partial charge < -0.3 is 11.2 Å². The number of carbonyl (C=O) groups excluding carboxylic acids is 1. The molecular weight excluding hydrogens is 240 g/mol. The van der Waals surface area contributed by atoms with Gasteiger partial charge in [-0.15, -0.1) is 10.2 Å². The van der Waals surface area contributed by atoms with E-state index in [1.165, 1.54) is 22.8 Å². The second-order valence-corrected chi connectivity index (χ2v) is 4.02. The molecule has 0 aliphatic rings. The minimum absolute atomic E-state index is 0.170. The number of hydrogen-bond donors (Lipinski definition) is 2. The molecule has 0 spiro atoms. The molecule has 88 valence electrons. The van der Waals surface area contributed by atoms with Gasteiger partial charge in [-0.1, -0.05) is 17.8 Å². The Hall–Kier alpha value is -2.09. The maximum absolute atomic E-state index is 11.5. The van der Waals surface area contributed by atoms with Crippen LogP contribution in [0.4, 0.5) is 5.82 Å². The van der Waals surface area contributed by atoms with E-state index in [1.54, 1.807) is 24.4 Å². The average Bonchev–Trinajstić information content (AvgIpc) is 2.74. The molecule has 0 bridgehead atoms. The molecule has 0 fully saturated rings. The van der Waals surface area contributed by atoms with E-state index in [-0.39, 0.29) is 11.7 Å². The summed E-state index contributed by atoms with van der Waals surface area (Å²) in [4.78, 5) is 15.5. The Labute approximate surface area is 101 Å². The van der Waals surface area contributed by atoms with Crippen LogP contribution < -0.4 is 11.2 Å². The third kappa shape index (κ3) is 3.18. The summed E-state index contributed by atoms with van der Waals surface area (Å²) in [6.07, 6.45) is 2.98. The number of pyridine rings is 1. The number of thioether (sulfide) groups is 1. The lowest BCUT2D eigenvalue weighted by molar-refractivity contribution is -0.113. The molecule has 8 heteroatoms. The van der Waals surface area contributed by atoms with E-state index in [0.29, 0.717) is 11.0 Å². The fourth-order valence-corrected chi connectivity index (χ4v) is 1.71. The van der Waals surface area contributed by atoms with Gasteiger partial charge in [-0.05, 0) is 12.1 Å². The van der Waals surface area contributed by atoms with Gasteiger partial charge in [-0.25, -0.2) is 9.66 Å². The number of nitrogens with zero attached hydrogens (tertiary/aromatic N) is 4. The molecule has 2 rings (SSSR count). The van der Waals surface area contributed by atoms with Crippen molar-refractivity contribution in [2.24, 2.45) is 0 Å². The maximum Gasteiger partial charge on any atom is 0.236 e. The highest BCUT2D eigenvalue weighted by molar-refractivity contribution is 7.99. The number of aromatic nitrogens is 4. The van der Waals surface area contributed by atoms with Gasteiger partial charge in [-0.2, -0.15) is 0 Å². The van der Waals surface area contributed by atoms with E-state index in [2.05, 4.69) is 20.5 Å². The second kappa shape index (κ2) is 5.30. The zero-order valence-electron chi connectivity index (χ0n) is 8.78. The summed E-state index contributed by atoms with van der Waals surface area (Å²) in [6.45, 7) is 0. The summed E-state index contributed by atoms with van der Waals surface area (Å²) in [5.74, 6) is 6.06. The zero-order valence-corrected chi connectivity index (χ0v) is 9.59. The maximum atomic E-state index is 11.5. The smallest absolute Gasteiger partial charge is 0.236 e. The number of amides is 1. The molecule has 3 N–H and O–H groups in total. The first-order valence-electron chi connectivity index (χ1n) is 4.74. The molecule has 0 aliphatic carbocycles. The van der Waals surface area contributed by atoms with Crippen LogP contribution >= 0.6 is 11.8 Å². The number of rotatable bonds is 4. The van der Waals surface area contributed by atoms with Crippen LogP contribution in [-0.4, -0.2) is 31.5 Å². The minimum atomic E-state index is -0.170. The summed E-state index contributed by atoms with van der Waals surface area (Å²) in [6, 6.07) is 5.29. The van der Waals surface area contributed by atoms with E-state index in [1.807, 2.05) is 0 Å². The van der Waals surface area contributed by atoms with Crippen LogP contribution in [0.3, 0.4) is 0 Å². The second-order valence-electron chi connectivity index (χ2n) is 3.07. The first-order valence-corrected chi connectivity index (χ1v) is 5.73. The predicted octanol–water partition coefficient (Wildman–Crippen LogP) is 0.118. The topological polar surface area (TPSA) is 98.7 Å². The number of nitrogen functional groups attached to an aromatic ring is 1. The standard InChI is InChI=1S/C9H10N6OS/c10-15-6-12-14-9(15)17-5-8(16)13-7-3-1-2-4-11-7/h1-4,6H,5,10H2,(H,11,13,16). The molecule has 0 saturated carbocycles. The number of carbonyl (C=O) groups is 1. The van der Waals surface area contributed by atoms with E-state index in [0.717, 1.165) is 0 Å². The average molecular weight is 250 g/mol. The van der Waals surface area contributed by atoms with Crippen molar-refractivity contribution in [1.29, 1.82) is 0 Å². The van der Waals surface area contributed by atoms with E-state index in [4.69, 9.17) is 5.84 Å². The fourth-order valence-electron chi connectivity index (χ4n) is 1.08. The highest BCUT2D eigenvalue weighted by atomic mass is 32.2. The van der Waals surface area contributed by atoms with Crippen molar-refractivity contribution in [3.63, 3.8) is 0 Å². The van der Waals surface area contributed by atoms with Gasteiger partial charge in [-0.3, -0.25) is 4.79 Å². The van der Waals surface area contributed by atoms with Crippen molar-refractivity contribution < 1.29 is 4.79 Å². The van der Waals surface area contributed by atoms with Gasteiger partial charge in [0.15, 0.2) is 0 Å². The van der Waals surface area contributed by atoms with Crippen molar-refractivity contribution in [1.82, 2.24) is 19.9 Å². The minimum Gasteiger partial charge on any atom is -0.336 e. The van der Waals surface area contributed by atoms with Crippen LogP contribution in [0, 0.1) is 0 Å². The summed E-state index contributed by atoms with van der Waals surface area (Å²) in [5.41, 5.74) is 0. The summed E-state index contributed by atoms with van der Waals surface area (Å²) in [7, 11) is 0. The Kier molecular flexibility index (Phi) is 3.55. The fraction of sp³-hybridized carbons (Fsp3) is 0.111. The van der Waals surface area contributed by atoms with Crippen molar-refractivity contribution in [2.45, 2.75) is 5.16 Å². The van der Waals surface area contributed by atoms with Crippen LogP contribution in [-0.2, 0) is 4.79 Å². The highest BCUT2D eigenvalue weighted by Crippen LogP contribution is 2.12. The lowest BCUT2D eigenvalue weighted by Gasteiger charge is -2.03. The molecule has 0 aromatic carbocycles. The molecule has 0 radical (unpaired) electrons. The lowest BCUT2D eigenvalue weighted by atomic mass is 10.4. The van der Waals surface area contributed by atoms with Gasteiger partial charge in [0.05, 0.1) is 5.75 Å². The van der Waals surface area contributed by atoms with Crippen LogP contribution in [0.1, 0.15) is 0 Å². The van der Waals surface area contributed by atoms with Gasteiger partial charge in [0.1, 0.15) is 12.1 Å². The Morgan fingerprint density at radius 1 is 1.53 bits per heavy atom. The van der Waals surface area contributed by atoms with Gasteiger partial charge in [0, 0.05) is 6.20 Å². The quantitative estimate of drug-likeness (QED) is 0.590. The normalized spacial score (nSPS) is 10.1. The van der Waals surface area contributed by atoms with E-state index >= 15 is 0 Å². The molecule has 0 saturated heterocycles. The molecule has 2 aromatic rings. The first-order chi connectivity index (χ1) is 8.25. The third-order valence-corrected chi connectivity index (χ3v) is 2.76. The Morgan fingerprint density at radius 2 is 2.41 bits per heavy atom. The van der Waals surface area contributed by atoms with Gasteiger partial charge >= 0.3 is 0 Å². The van der Waals surface area contributed by atoms with E-state index in [9.17, 15) is 4.79 Å². The zero-order chi connectivity index (χ0) is 12.1. The number of nitrogens with one attached hydrogen (secondary N) is 1. The van der Waals surface area contributed by atoms with Gasteiger partial charge in [0.2, 0.25) is 11.1 Å². The monoisotopic (exact) mass is 250 g/mol. The third-order valence-electron chi connectivity index (χ3n) is 1.80. The summed E-state index contributed by atoms with van der Waals surface area (Å²) < 4.78 is 1.26. The SMILES string of the molecule is Nn1cnnc1SCC(=O)Nc1ccccn1. The van der Waals surface area contributed by atoms with Crippen LogP contribution in [0.25, 0.3) is 0 Å². The van der Waals surface area contributed by atoms with Crippen molar-refractivity contribution in [3.05, 3.63) is 30.7 Å². The molecule has 7 nitrogen and oxygen atoms in total. The molecule has 17 heavy (non-hydrogen) atoms. The van der Waals surface area contributed by atoms with Crippen molar-refractivity contribution in [2.75, 3.05) is 16.9 Å². The number of anilines is 1. The van der Waals surface area contributed by atoms with Crippen molar-refractivity contribution in [3.8, 4) is 0 Å². The highest BCUT2D eigenvalue weighted by Gasteiger charge is 2.07. The first kappa shape index (κ1) is 11.4. The molecular formula is C9H10N6OS. The molecule has 0 unspecified atom stereocenters. The van der Waals surface area contributed by atoms with Crippen LogP contribution in [0.5, 0.6) is 0 Å². The molecule has 0 aliphatic heterocycles. The molecule has 2 aromatic heterocycles. The molecule has 0 atom stereocenters. The molecule has 1 amide bonds. The number of hydrogen-bond acceptors (Lipinski definition) is 6. The van der Waals surface area contributed by atoms with Crippen LogP contribution in [0.2, 0.25) is 0 Å². The van der Waals surface area contributed by atoms with Crippen LogP contribution in [0.15, 0.2) is 35.9 Å². The largest absolute Gasteiger partial charge is 0.336 e. The summed E-state index contributed by atoms with van der Waals surface area (Å²) >= 11 is 1.21. The lowest BCUT2D eigenvalue weighted by Crippen LogP contribution is -2.16. The van der Waals surface area contributed by atoms with E-state index < -0.39 is 0 Å². The summed E-state index contributed by atoms with van der Waals surface area (Å²) in [5, 5.41) is 10.5. The van der Waals surface area contributed by atoms with Crippen molar-refractivity contribution >= 4 is 23.5 Å². The Morgan fingerprint density at radius 3 is 3.06 bits per heavy atom. The predicted molar refractivity (Wildman–Crippen MR) is 63.8 cm³/mol. The Balaban J connectivity index is 1.84.